The molecule has 0 radical (unpaired) electrons. The summed E-state index contributed by atoms with van der Waals surface area (Å²) in [6.45, 7) is 6.65. The summed E-state index contributed by atoms with van der Waals surface area (Å²) < 4.78 is 13.1. The van der Waals surface area contributed by atoms with Crippen molar-refractivity contribution >= 4 is 11.8 Å². The Balaban J connectivity index is 2.18. The van der Waals surface area contributed by atoms with Gasteiger partial charge >= 0.3 is 0 Å². The summed E-state index contributed by atoms with van der Waals surface area (Å²) >= 11 is 0. The van der Waals surface area contributed by atoms with Gasteiger partial charge in [0.05, 0.1) is 6.42 Å². The number of halogens is 1. The van der Waals surface area contributed by atoms with Crippen LogP contribution in [0.3, 0.4) is 0 Å². The minimum Gasteiger partial charge on any atom is -0.354 e. The third kappa shape index (κ3) is 6.20. The number of carbonyl (C=O) groups excluding carboxylic acids is 2. The van der Waals surface area contributed by atoms with E-state index in [0.717, 1.165) is 23.1 Å². The largest absolute Gasteiger partial charge is 0.354 e. The van der Waals surface area contributed by atoms with Gasteiger partial charge in [-0.15, -0.1) is 0 Å². The standard InChI is InChI=1S/C22H27FN2O2/c1-4-13-24-22(27)17(3)25(15-19-7-5-16(2)6-8-19)21(26)14-18-9-11-20(23)12-10-18/h5-12,17H,4,13-15H2,1-3H3,(H,24,27). The quantitative estimate of drug-likeness (QED) is 0.772. The molecular formula is C22H27FN2O2. The average Bonchev–Trinajstić information content (AvgIpc) is 2.66. The van der Waals surface area contributed by atoms with Crippen LogP contribution in [-0.4, -0.2) is 29.3 Å². The van der Waals surface area contributed by atoms with Crippen LogP contribution >= 0.6 is 0 Å². The molecule has 0 aliphatic carbocycles. The molecule has 1 unspecified atom stereocenters. The van der Waals surface area contributed by atoms with Gasteiger partial charge in [0.2, 0.25) is 11.8 Å². The van der Waals surface area contributed by atoms with E-state index in [1.54, 1.807) is 24.0 Å². The summed E-state index contributed by atoms with van der Waals surface area (Å²) in [4.78, 5) is 27.0. The molecule has 0 fully saturated rings. The van der Waals surface area contributed by atoms with Crippen molar-refractivity contribution in [2.45, 2.75) is 46.2 Å². The molecule has 5 heteroatoms. The monoisotopic (exact) mass is 370 g/mol. The molecule has 0 aliphatic rings. The summed E-state index contributed by atoms with van der Waals surface area (Å²) in [5, 5.41) is 2.85. The van der Waals surface area contributed by atoms with Crippen molar-refractivity contribution in [1.29, 1.82) is 0 Å². The van der Waals surface area contributed by atoms with Crippen LogP contribution in [0.5, 0.6) is 0 Å². The number of benzene rings is 2. The smallest absolute Gasteiger partial charge is 0.242 e. The first-order valence-corrected chi connectivity index (χ1v) is 9.28. The third-order valence-corrected chi connectivity index (χ3v) is 4.46. The molecule has 0 bridgehead atoms. The molecule has 4 nitrogen and oxygen atoms in total. The third-order valence-electron chi connectivity index (χ3n) is 4.46. The van der Waals surface area contributed by atoms with Crippen LogP contribution < -0.4 is 5.32 Å². The Kier molecular flexibility index (Phi) is 7.53. The van der Waals surface area contributed by atoms with Gasteiger partial charge in [-0.25, -0.2) is 4.39 Å². The number of rotatable bonds is 8. The molecule has 0 aliphatic heterocycles. The van der Waals surface area contributed by atoms with Gasteiger partial charge in [-0.2, -0.15) is 0 Å². The number of nitrogens with one attached hydrogen (secondary N) is 1. The average molecular weight is 370 g/mol. The zero-order valence-corrected chi connectivity index (χ0v) is 16.2. The Morgan fingerprint density at radius 2 is 1.63 bits per heavy atom. The molecule has 0 saturated heterocycles. The van der Waals surface area contributed by atoms with Crippen molar-refractivity contribution in [3.8, 4) is 0 Å². The maximum absolute atomic E-state index is 13.1. The van der Waals surface area contributed by atoms with Crippen LogP contribution in [0.25, 0.3) is 0 Å². The molecule has 0 heterocycles. The van der Waals surface area contributed by atoms with E-state index in [4.69, 9.17) is 0 Å². The van der Waals surface area contributed by atoms with Crippen LogP contribution in [0.4, 0.5) is 4.39 Å². The first-order valence-electron chi connectivity index (χ1n) is 9.28. The molecule has 0 saturated carbocycles. The number of amides is 2. The normalized spacial score (nSPS) is 11.7. The van der Waals surface area contributed by atoms with Crippen LogP contribution in [0.2, 0.25) is 0 Å². The van der Waals surface area contributed by atoms with Crippen LogP contribution in [-0.2, 0) is 22.6 Å². The Morgan fingerprint density at radius 1 is 1.04 bits per heavy atom. The summed E-state index contributed by atoms with van der Waals surface area (Å²) in [6, 6.07) is 13.2. The van der Waals surface area contributed by atoms with Gasteiger partial charge in [0.25, 0.3) is 0 Å². The lowest BCUT2D eigenvalue weighted by Crippen LogP contribution is -2.48. The van der Waals surface area contributed by atoms with Gasteiger partial charge in [-0.05, 0) is 43.5 Å². The fourth-order valence-corrected chi connectivity index (χ4v) is 2.75. The van der Waals surface area contributed by atoms with E-state index in [-0.39, 0.29) is 24.1 Å². The van der Waals surface area contributed by atoms with Crippen molar-refractivity contribution in [2.75, 3.05) is 6.54 Å². The van der Waals surface area contributed by atoms with Crippen molar-refractivity contribution in [3.63, 3.8) is 0 Å². The van der Waals surface area contributed by atoms with E-state index in [1.807, 2.05) is 38.1 Å². The molecular weight excluding hydrogens is 343 g/mol. The maximum Gasteiger partial charge on any atom is 0.242 e. The highest BCUT2D eigenvalue weighted by molar-refractivity contribution is 5.88. The second kappa shape index (κ2) is 9.86. The first kappa shape index (κ1) is 20.6. The molecule has 144 valence electrons. The lowest BCUT2D eigenvalue weighted by atomic mass is 10.1. The topological polar surface area (TPSA) is 49.4 Å². The lowest BCUT2D eigenvalue weighted by molar-refractivity contribution is -0.140. The predicted octanol–water partition coefficient (Wildman–Crippen LogP) is 3.62. The first-order chi connectivity index (χ1) is 12.9. The zero-order chi connectivity index (χ0) is 19.8. The molecule has 2 rings (SSSR count). The van der Waals surface area contributed by atoms with E-state index in [1.165, 1.54) is 12.1 Å². The van der Waals surface area contributed by atoms with Crippen molar-refractivity contribution in [3.05, 3.63) is 71.0 Å². The van der Waals surface area contributed by atoms with E-state index in [9.17, 15) is 14.0 Å². The number of aryl methyl sites for hydroxylation is 1. The number of hydrogen-bond donors (Lipinski definition) is 1. The van der Waals surface area contributed by atoms with Crippen molar-refractivity contribution in [1.82, 2.24) is 10.2 Å². The predicted molar refractivity (Wildman–Crippen MR) is 105 cm³/mol. The highest BCUT2D eigenvalue weighted by atomic mass is 19.1. The molecule has 1 atom stereocenters. The summed E-state index contributed by atoms with van der Waals surface area (Å²) in [5.74, 6) is -0.673. The molecule has 1 N–H and O–H groups in total. The number of hydrogen-bond acceptors (Lipinski definition) is 2. The Morgan fingerprint density at radius 3 is 2.22 bits per heavy atom. The van der Waals surface area contributed by atoms with Gasteiger partial charge in [0, 0.05) is 13.1 Å². The fourth-order valence-electron chi connectivity index (χ4n) is 2.75. The van der Waals surface area contributed by atoms with E-state index >= 15 is 0 Å². The van der Waals surface area contributed by atoms with Crippen molar-refractivity contribution < 1.29 is 14.0 Å². The Labute approximate surface area is 160 Å². The second-order valence-corrected chi connectivity index (χ2v) is 6.78. The molecule has 2 aromatic rings. The lowest BCUT2D eigenvalue weighted by Gasteiger charge is -2.29. The minimum absolute atomic E-state index is 0.123. The summed E-state index contributed by atoms with van der Waals surface area (Å²) in [7, 11) is 0. The number of nitrogens with zero attached hydrogens (tertiary/aromatic N) is 1. The molecule has 27 heavy (non-hydrogen) atoms. The van der Waals surface area contributed by atoms with Crippen LogP contribution in [0.15, 0.2) is 48.5 Å². The van der Waals surface area contributed by atoms with Crippen LogP contribution in [0, 0.1) is 12.7 Å². The maximum atomic E-state index is 13.1. The van der Waals surface area contributed by atoms with E-state index in [2.05, 4.69) is 5.32 Å². The molecule has 2 aromatic carbocycles. The van der Waals surface area contributed by atoms with Gasteiger partial charge < -0.3 is 10.2 Å². The molecule has 2 amide bonds. The van der Waals surface area contributed by atoms with Crippen molar-refractivity contribution in [2.24, 2.45) is 0 Å². The van der Waals surface area contributed by atoms with Crippen LogP contribution in [0.1, 0.15) is 37.0 Å². The zero-order valence-electron chi connectivity index (χ0n) is 16.2. The highest BCUT2D eigenvalue weighted by Gasteiger charge is 2.26. The van der Waals surface area contributed by atoms with Gasteiger partial charge in [0.1, 0.15) is 11.9 Å². The van der Waals surface area contributed by atoms with E-state index < -0.39 is 6.04 Å². The SMILES string of the molecule is CCCNC(=O)C(C)N(Cc1ccc(C)cc1)C(=O)Cc1ccc(F)cc1. The Hall–Kier alpha value is -2.69. The van der Waals surface area contributed by atoms with Gasteiger partial charge in [-0.1, -0.05) is 48.9 Å². The molecule has 0 aromatic heterocycles. The second-order valence-electron chi connectivity index (χ2n) is 6.78. The Bertz CT molecular complexity index is 757. The van der Waals surface area contributed by atoms with E-state index in [0.29, 0.717) is 13.1 Å². The molecule has 0 spiro atoms. The number of carbonyl (C=O) groups is 2. The highest BCUT2D eigenvalue weighted by Crippen LogP contribution is 2.14. The van der Waals surface area contributed by atoms with Gasteiger partial charge in [-0.3, -0.25) is 9.59 Å². The summed E-state index contributed by atoms with van der Waals surface area (Å²) in [6.07, 6.45) is 0.956. The fraction of sp³-hybridized carbons (Fsp3) is 0.364. The summed E-state index contributed by atoms with van der Waals surface area (Å²) in [5.41, 5.74) is 2.82. The minimum atomic E-state index is -0.592. The van der Waals surface area contributed by atoms with Gasteiger partial charge in [0.15, 0.2) is 0 Å².